The van der Waals surface area contributed by atoms with Gasteiger partial charge in [0.25, 0.3) is 0 Å². The highest BCUT2D eigenvalue weighted by Gasteiger charge is 2.36. The monoisotopic (exact) mass is 262 g/mol. The second kappa shape index (κ2) is 3.79. The van der Waals surface area contributed by atoms with E-state index in [1.807, 2.05) is 0 Å². The summed E-state index contributed by atoms with van der Waals surface area (Å²) in [7, 11) is 0. The minimum atomic E-state index is 0.796. The number of halogens is 1. The van der Waals surface area contributed by atoms with E-state index in [0.717, 1.165) is 23.1 Å². The first-order chi connectivity index (χ1) is 7.36. The molecule has 2 aliphatic carbocycles. The van der Waals surface area contributed by atoms with Crippen LogP contribution < -0.4 is 0 Å². The van der Waals surface area contributed by atoms with Crippen molar-refractivity contribution in [1.82, 2.24) is 0 Å². The highest BCUT2D eigenvalue weighted by atomic mass is 79.9. The molecule has 0 radical (unpaired) electrons. The Morgan fingerprint density at radius 2 is 1.87 bits per heavy atom. The van der Waals surface area contributed by atoms with E-state index in [1.165, 1.54) is 24.0 Å². The van der Waals surface area contributed by atoms with Gasteiger partial charge in [0.05, 0.1) is 0 Å². The van der Waals surface area contributed by atoms with E-state index < -0.39 is 0 Å². The van der Waals surface area contributed by atoms with Crippen LogP contribution in [0.15, 0.2) is 36.4 Å². The van der Waals surface area contributed by atoms with Gasteiger partial charge in [0, 0.05) is 5.33 Å². The van der Waals surface area contributed by atoms with E-state index in [9.17, 15) is 0 Å². The van der Waals surface area contributed by atoms with Crippen molar-refractivity contribution < 1.29 is 0 Å². The van der Waals surface area contributed by atoms with Crippen molar-refractivity contribution in [2.45, 2.75) is 24.1 Å². The quantitative estimate of drug-likeness (QED) is 0.552. The number of hydrogen-bond acceptors (Lipinski definition) is 0. The molecule has 1 saturated carbocycles. The summed E-state index contributed by atoms with van der Waals surface area (Å²) in [6.07, 6.45) is 7.60. The standard InChI is InChI=1S/C14H15Br/c15-9-10-1-4-12(5-2-10)14-8-11-3-6-13(14)7-11/h1-6,11,13-14H,7-9H2/t11-,13+,14?/m1/s1. The van der Waals surface area contributed by atoms with Gasteiger partial charge >= 0.3 is 0 Å². The molecule has 78 valence electrons. The van der Waals surface area contributed by atoms with Crippen LogP contribution in [0.5, 0.6) is 0 Å². The lowest BCUT2D eigenvalue weighted by molar-refractivity contribution is 0.585. The van der Waals surface area contributed by atoms with Crippen molar-refractivity contribution in [3.63, 3.8) is 0 Å². The maximum Gasteiger partial charge on any atom is 0.0283 e. The largest absolute Gasteiger partial charge is 0.0876 e. The van der Waals surface area contributed by atoms with Gasteiger partial charge in [-0.05, 0) is 41.7 Å². The number of allylic oxidation sites excluding steroid dienone is 2. The number of benzene rings is 1. The molecule has 1 aromatic carbocycles. The Kier molecular flexibility index (Phi) is 2.44. The second-order valence-electron chi connectivity index (χ2n) is 4.76. The average molecular weight is 263 g/mol. The zero-order valence-corrected chi connectivity index (χ0v) is 10.3. The second-order valence-corrected chi connectivity index (χ2v) is 5.32. The van der Waals surface area contributed by atoms with Crippen LogP contribution in [-0.2, 0) is 5.33 Å². The average Bonchev–Trinajstić information content (AvgIpc) is 2.91. The van der Waals surface area contributed by atoms with E-state index in [-0.39, 0.29) is 0 Å². The molecule has 0 aliphatic heterocycles. The van der Waals surface area contributed by atoms with Crippen LogP contribution in [0.4, 0.5) is 0 Å². The zero-order valence-electron chi connectivity index (χ0n) is 8.70. The zero-order chi connectivity index (χ0) is 10.3. The summed E-state index contributed by atoms with van der Waals surface area (Å²) in [5.41, 5.74) is 2.91. The number of alkyl halides is 1. The number of fused-ring (bicyclic) bond motifs is 2. The Bertz CT molecular complexity index is 377. The maximum absolute atomic E-state index is 3.49. The highest BCUT2D eigenvalue weighted by Crippen LogP contribution is 2.48. The molecule has 15 heavy (non-hydrogen) atoms. The van der Waals surface area contributed by atoms with Gasteiger partial charge in [-0.25, -0.2) is 0 Å². The SMILES string of the molecule is BrCc1ccc(C2C[C@@H]3C=C[C@H]2C3)cc1. The molecular formula is C14H15Br. The van der Waals surface area contributed by atoms with Crippen LogP contribution in [0.2, 0.25) is 0 Å². The summed E-state index contributed by atoms with van der Waals surface area (Å²) < 4.78 is 0. The van der Waals surface area contributed by atoms with E-state index in [4.69, 9.17) is 0 Å². The molecule has 1 heteroatoms. The lowest BCUT2D eigenvalue weighted by Crippen LogP contribution is -2.04. The third-order valence-corrected chi connectivity index (χ3v) is 4.49. The molecule has 0 nitrogen and oxygen atoms in total. The molecule has 1 fully saturated rings. The fourth-order valence-electron chi connectivity index (χ4n) is 3.02. The predicted octanol–water partition coefficient (Wildman–Crippen LogP) is 4.26. The molecule has 0 saturated heterocycles. The van der Waals surface area contributed by atoms with Gasteiger partial charge in [-0.2, -0.15) is 0 Å². The summed E-state index contributed by atoms with van der Waals surface area (Å²) in [6.45, 7) is 0. The van der Waals surface area contributed by atoms with Crippen molar-refractivity contribution >= 4 is 15.9 Å². The normalized spacial score (nSPS) is 32.5. The Morgan fingerprint density at radius 1 is 1.07 bits per heavy atom. The van der Waals surface area contributed by atoms with Gasteiger partial charge in [0.2, 0.25) is 0 Å². The minimum Gasteiger partial charge on any atom is -0.0876 e. The molecule has 0 spiro atoms. The lowest BCUT2D eigenvalue weighted by Gasteiger charge is -2.18. The molecule has 0 amide bonds. The maximum atomic E-state index is 3.49. The van der Waals surface area contributed by atoms with Crippen LogP contribution in [-0.4, -0.2) is 0 Å². The first kappa shape index (κ1) is 9.65. The van der Waals surface area contributed by atoms with E-state index in [0.29, 0.717) is 0 Å². The molecule has 2 aliphatic rings. The predicted molar refractivity (Wildman–Crippen MR) is 67.2 cm³/mol. The van der Waals surface area contributed by atoms with Gasteiger partial charge in [0.1, 0.15) is 0 Å². The topological polar surface area (TPSA) is 0 Å². The van der Waals surface area contributed by atoms with Crippen LogP contribution in [0.3, 0.4) is 0 Å². The van der Waals surface area contributed by atoms with E-state index >= 15 is 0 Å². The van der Waals surface area contributed by atoms with E-state index in [2.05, 4.69) is 52.3 Å². The summed E-state index contributed by atoms with van der Waals surface area (Å²) >= 11 is 3.49. The fourth-order valence-corrected chi connectivity index (χ4v) is 3.39. The van der Waals surface area contributed by atoms with Crippen LogP contribution >= 0.6 is 15.9 Å². The molecule has 0 heterocycles. The summed E-state index contributed by atoms with van der Waals surface area (Å²) in [6, 6.07) is 9.13. The Labute approximate surface area is 99.5 Å². The van der Waals surface area contributed by atoms with Crippen molar-refractivity contribution in [3.8, 4) is 0 Å². The molecule has 3 rings (SSSR count). The van der Waals surface area contributed by atoms with Crippen LogP contribution in [0.1, 0.15) is 29.9 Å². The summed E-state index contributed by atoms with van der Waals surface area (Å²) in [4.78, 5) is 0. The van der Waals surface area contributed by atoms with E-state index in [1.54, 1.807) is 0 Å². The summed E-state index contributed by atoms with van der Waals surface area (Å²) in [5.74, 6) is 2.49. The lowest BCUT2D eigenvalue weighted by atomic mass is 9.87. The molecule has 2 bridgehead atoms. The third-order valence-electron chi connectivity index (χ3n) is 3.84. The van der Waals surface area contributed by atoms with Gasteiger partial charge in [0.15, 0.2) is 0 Å². The summed E-state index contributed by atoms with van der Waals surface area (Å²) in [5, 5.41) is 0.962. The van der Waals surface area contributed by atoms with Crippen molar-refractivity contribution in [2.75, 3.05) is 0 Å². The third kappa shape index (κ3) is 1.67. The molecule has 0 N–H and O–H groups in total. The van der Waals surface area contributed by atoms with Gasteiger partial charge in [-0.1, -0.05) is 52.3 Å². The minimum absolute atomic E-state index is 0.796. The first-order valence-electron chi connectivity index (χ1n) is 5.70. The smallest absolute Gasteiger partial charge is 0.0283 e. The first-order valence-corrected chi connectivity index (χ1v) is 6.82. The van der Waals surface area contributed by atoms with Crippen molar-refractivity contribution in [1.29, 1.82) is 0 Å². The Balaban J connectivity index is 1.84. The molecular weight excluding hydrogens is 248 g/mol. The molecule has 1 aromatic rings. The van der Waals surface area contributed by atoms with Crippen molar-refractivity contribution in [2.24, 2.45) is 11.8 Å². The van der Waals surface area contributed by atoms with Gasteiger partial charge in [-0.15, -0.1) is 0 Å². The van der Waals surface area contributed by atoms with Crippen LogP contribution in [0, 0.1) is 11.8 Å². The molecule has 3 atom stereocenters. The highest BCUT2D eigenvalue weighted by molar-refractivity contribution is 9.08. The molecule has 1 unspecified atom stereocenters. The van der Waals surface area contributed by atoms with Gasteiger partial charge in [-0.3, -0.25) is 0 Å². The molecule has 0 aromatic heterocycles. The Morgan fingerprint density at radius 3 is 2.40 bits per heavy atom. The Hall–Kier alpha value is -0.560. The number of hydrogen-bond donors (Lipinski definition) is 0. The van der Waals surface area contributed by atoms with Crippen LogP contribution in [0.25, 0.3) is 0 Å². The number of rotatable bonds is 2. The fraction of sp³-hybridized carbons (Fsp3) is 0.429. The van der Waals surface area contributed by atoms with Crippen molar-refractivity contribution in [3.05, 3.63) is 47.5 Å². The van der Waals surface area contributed by atoms with Gasteiger partial charge < -0.3 is 0 Å².